The summed E-state index contributed by atoms with van der Waals surface area (Å²) in [5, 5.41) is 9.98. The second-order valence-corrected chi connectivity index (χ2v) is 7.29. The predicted molar refractivity (Wildman–Crippen MR) is 112 cm³/mol. The molecular formula is C24H22FN3O2. The van der Waals surface area contributed by atoms with E-state index in [9.17, 15) is 14.4 Å². The molecule has 1 heterocycles. The van der Waals surface area contributed by atoms with Crippen molar-refractivity contribution in [2.75, 3.05) is 11.5 Å². The Morgan fingerprint density at radius 1 is 1.17 bits per heavy atom. The first-order valence-electron chi connectivity index (χ1n) is 9.99. The van der Waals surface area contributed by atoms with Gasteiger partial charge < -0.3 is 10.5 Å². The number of nitriles is 1. The molecule has 0 amide bonds. The topological polar surface area (TPSA) is 79.3 Å². The fourth-order valence-corrected chi connectivity index (χ4v) is 4.23. The smallest absolute Gasteiger partial charge is 0.161 e. The molecule has 1 atom stereocenters. The lowest BCUT2D eigenvalue weighted by atomic mass is 9.75. The SMILES string of the molecule is CCOc1ccc(C2C(C#N)=C(N)N(c3ccc(F)cc3)C3=C2C(=O)CCC3)cc1. The lowest BCUT2D eigenvalue weighted by Gasteiger charge is -2.39. The van der Waals surface area contributed by atoms with E-state index in [2.05, 4.69) is 6.07 Å². The Labute approximate surface area is 174 Å². The molecule has 30 heavy (non-hydrogen) atoms. The fourth-order valence-electron chi connectivity index (χ4n) is 4.23. The fraction of sp³-hybridized carbons (Fsp3) is 0.250. The molecule has 0 fully saturated rings. The predicted octanol–water partition coefficient (Wildman–Crippen LogP) is 4.53. The zero-order valence-corrected chi connectivity index (χ0v) is 16.7. The number of halogens is 1. The zero-order valence-electron chi connectivity index (χ0n) is 16.7. The number of rotatable bonds is 4. The summed E-state index contributed by atoms with van der Waals surface area (Å²) in [6.07, 6.45) is 1.80. The number of hydrogen-bond donors (Lipinski definition) is 1. The minimum atomic E-state index is -0.523. The van der Waals surface area contributed by atoms with Crippen molar-refractivity contribution < 1.29 is 13.9 Å². The van der Waals surface area contributed by atoms with Crippen LogP contribution in [-0.4, -0.2) is 12.4 Å². The van der Waals surface area contributed by atoms with E-state index in [0.29, 0.717) is 42.7 Å². The van der Waals surface area contributed by atoms with E-state index in [1.807, 2.05) is 31.2 Å². The number of ether oxygens (including phenoxy) is 1. The molecule has 0 bridgehead atoms. The Morgan fingerprint density at radius 3 is 2.50 bits per heavy atom. The van der Waals surface area contributed by atoms with E-state index < -0.39 is 5.92 Å². The van der Waals surface area contributed by atoms with Crippen LogP contribution in [0, 0.1) is 17.1 Å². The lowest BCUT2D eigenvalue weighted by molar-refractivity contribution is -0.116. The van der Waals surface area contributed by atoms with E-state index in [-0.39, 0.29) is 17.4 Å². The number of benzene rings is 2. The third-order valence-electron chi connectivity index (χ3n) is 5.52. The Bertz CT molecular complexity index is 1080. The van der Waals surface area contributed by atoms with Crippen molar-refractivity contribution in [2.45, 2.75) is 32.1 Å². The highest BCUT2D eigenvalue weighted by molar-refractivity contribution is 6.01. The van der Waals surface area contributed by atoms with Gasteiger partial charge in [0.05, 0.1) is 24.2 Å². The van der Waals surface area contributed by atoms with Gasteiger partial charge in [0, 0.05) is 23.4 Å². The average molecular weight is 403 g/mol. The molecule has 0 radical (unpaired) electrons. The minimum absolute atomic E-state index is 0.0162. The number of hydrogen-bond acceptors (Lipinski definition) is 5. The first-order chi connectivity index (χ1) is 14.5. The summed E-state index contributed by atoms with van der Waals surface area (Å²) in [5.74, 6) is 0.133. The van der Waals surface area contributed by atoms with Gasteiger partial charge in [0.25, 0.3) is 0 Å². The van der Waals surface area contributed by atoms with Crippen molar-refractivity contribution in [1.82, 2.24) is 0 Å². The molecule has 5 nitrogen and oxygen atoms in total. The van der Waals surface area contributed by atoms with Gasteiger partial charge >= 0.3 is 0 Å². The monoisotopic (exact) mass is 403 g/mol. The molecule has 1 aliphatic heterocycles. The van der Waals surface area contributed by atoms with Crippen molar-refractivity contribution >= 4 is 11.5 Å². The van der Waals surface area contributed by atoms with Gasteiger partial charge in [-0.3, -0.25) is 9.69 Å². The molecule has 6 heteroatoms. The second kappa shape index (κ2) is 8.03. The molecule has 152 valence electrons. The van der Waals surface area contributed by atoms with E-state index in [4.69, 9.17) is 10.5 Å². The van der Waals surface area contributed by atoms with Crippen molar-refractivity contribution in [2.24, 2.45) is 5.73 Å². The van der Waals surface area contributed by atoms with Crippen LogP contribution in [0.3, 0.4) is 0 Å². The Balaban J connectivity index is 1.88. The number of nitrogens with zero attached hydrogens (tertiary/aromatic N) is 2. The first kappa shape index (κ1) is 19.7. The number of ketones is 1. The molecule has 0 saturated heterocycles. The highest BCUT2D eigenvalue weighted by Crippen LogP contribution is 2.46. The van der Waals surface area contributed by atoms with E-state index >= 15 is 0 Å². The van der Waals surface area contributed by atoms with Crippen LogP contribution in [-0.2, 0) is 4.79 Å². The number of nitrogens with two attached hydrogens (primary N) is 1. The van der Waals surface area contributed by atoms with Gasteiger partial charge in [0.1, 0.15) is 17.4 Å². The third kappa shape index (κ3) is 3.33. The molecule has 1 unspecified atom stereocenters. The van der Waals surface area contributed by atoms with Gasteiger partial charge in [-0.2, -0.15) is 5.26 Å². The second-order valence-electron chi connectivity index (χ2n) is 7.29. The van der Waals surface area contributed by atoms with Crippen molar-refractivity contribution in [3.8, 4) is 11.8 Å². The molecule has 1 aliphatic carbocycles. The van der Waals surface area contributed by atoms with Crippen LogP contribution >= 0.6 is 0 Å². The molecule has 2 aromatic carbocycles. The summed E-state index contributed by atoms with van der Waals surface area (Å²) in [5.41, 5.74) is 9.63. The maximum absolute atomic E-state index is 13.5. The molecule has 4 rings (SSSR count). The Morgan fingerprint density at radius 2 is 1.87 bits per heavy atom. The van der Waals surface area contributed by atoms with Crippen molar-refractivity contribution in [3.05, 3.63) is 82.6 Å². The first-order valence-corrected chi connectivity index (χ1v) is 9.99. The van der Waals surface area contributed by atoms with Gasteiger partial charge in [0.15, 0.2) is 5.78 Å². The van der Waals surface area contributed by atoms with Crippen LogP contribution < -0.4 is 15.4 Å². The maximum Gasteiger partial charge on any atom is 0.161 e. The van der Waals surface area contributed by atoms with Gasteiger partial charge in [-0.15, -0.1) is 0 Å². The van der Waals surface area contributed by atoms with E-state index in [1.54, 1.807) is 17.0 Å². The summed E-state index contributed by atoms with van der Waals surface area (Å²) < 4.78 is 19.0. The van der Waals surface area contributed by atoms with Crippen LogP contribution in [0.15, 0.2) is 71.2 Å². The van der Waals surface area contributed by atoms with E-state index in [0.717, 1.165) is 17.0 Å². The molecule has 2 N–H and O–H groups in total. The van der Waals surface area contributed by atoms with Gasteiger partial charge in [-0.25, -0.2) is 4.39 Å². The van der Waals surface area contributed by atoms with Crippen LogP contribution in [0.1, 0.15) is 37.7 Å². The molecule has 0 spiro atoms. The largest absolute Gasteiger partial charge is 0.494 e. The maximum atomic E-state index is 13.5. The van der Waals surface area contributed by atoms with Crippen molar-refractivity contribution in [3.63, 3.8) is 0 Å². The zero-order chi connectivity index (χ0) is 21.3. The van der Waals surface area contributed by atoms with Gasteiger partial charge in [-0.05, 0) is 61.7 Å². The van der Waals surface area contributed by atoms with Crippen LogP contribution in [0.2, 0.25) is 0 Å². The quantitative estimate of drug-likeness (QED) is 0.811. The number of carbonyl (C=O) groups excluding carboxylic acids is 1. The Hall–Kier alpha value is -3.59. The molecule has 2 aliphatic rings. The lowest BCUT2D eigenvalue weighted by Crippen LogP contribution is -2.38. The number of allylic oxidation sites excluding steroid dienone is 3. The highest BCUT2D eigenvalue weighted by Gasteiger charge is 2.40. The van der Waals surface area contributed by atoms with E-state index in [1.165, 1.54) is 12.1 Å². The van der Waals surface area contributed by atoms with Crippen LogP contribution in [0.4, 0.5) is 10.1 Å². The summed E-state index contributed by atoms with van der Waals surface area (Å²) in [4.78, 5) is 14.8. The normalized spacial score (nSPS) is 18.9. The van der Waals surface area contributed by atoms with Gasteiger partial charge in [-0.1, -0.05) is 12.1 Å². The summed E-state index contributed by atoms with van der Waals surface area (Å²) >= 11 is 0. The van der Waals surface area contributed by atoms with Crippen molar-refractivity contribution in [1.29, 1.82) is 5.26 Å². The van der Waals surface area contributed by atoms with Crippen LogP contribution in [0.25, 0.3) is 0 Å². The number of anilines is 1. The number of Topliss-reactive ketones (excluding diaryl/α,β-unsaturated/α-hetero) is 1. The molecule has 0 aromatic heterocycles. The summed E-state index contributed by atoms with van der Waals surface area (Å²) in [6.45, 7) is 2.47. The Kier molecular flexibility index (Phi) is 5.28. The van der Waals surface area contributed by atoms with Crippen LogP contribution in [0.5, 0.6) is 5.75 Å². The average Bonchev–Trinajstić information content (AvgIpc) is 2.75. The molecule has 0 saturated carbocycles. The standard InChI is InChI=1S/C24H22FN3O2/c1-2-30-18-12-6-15(7-13-18)22-19(14-26)24(27)28(17-10-8-16(25)9-11-17)20-4-3-5-21(29)23(20)22/h6-13,22H,2-5,27H2,1H3. The molecular weight excluding hydrogens is 381 g/mol. The third-order valence-corrected chi connectivity index (χ3v) is 5.52. The molecule has 2 aromatic rings. The minimum Gasteiger partial charge on any atom is -0.494 e. The highest BCUT2D eigenvalue weighted by atomic mass is 19.1. The summed E-state index contributed by atoms with van der Waals surface area (Å²) in [7, 11) is 0. The van der Waals surface area contributed by atoms with Gasteiger partial charge in [0.2, 0.25) is 0 Å². The number of carbonyl (C=O) groups is 1. The summed E-state index contributed by atoms with van der Waals surface area (Å²) in [6, 6.07) is 15.6.